The van der Waals surface area contributed by atoms with E-state index in [0.29, 0.717) is 17.1 Å². The summed E-state index contributed by atoms with van der Waals surface area (Å²) in [6.45, 7) is 3.46. The normalized spacial score (nSPS) is 10.1. The van der Waals surface area contributed by atoms with Gasteiger partial charge in [0.1, 0.15) is 11.6 Å². The molecule has 0 amide bonds. The molecule has 116 valence electrons. The third-order valence-corrected chi connectivity index (χ3v) is 2.73. The molecule has 0 bridgehead atoms. The van der Waals surface area contributed by atoms with E-state index >= 15 is 0 Å². The van der Waals surface area contributed by atoms with Crippen molar-refractivity contribution in [3.63, 3.8) is 0 Å². The van der Waals surface area contributed by atoms with Gasteiger partial charge in [0.2, 0.25) is 0 Å². The topological polar surface area (TPSA) is 57.7 Å². The smallest absolute Gasteiger partial charge is 0.344 e. The fourth-order valence-corrected chi connectivity index (χ4v) is 1.74. The van der Waals surface area contributed by atoms with Gasteiger partial charge in [0, 0.05) is 6.20 Å². The number of carbonyl (C=O) groups excluding carboxylic acids is 1. The summed E-state index contributed by atoms with van der Waals surface area (Å²) < 4.78 is 28.9. The third-order valence-electron chi connectivity index (χ3n) is 2.73. The van der Waals surface area contributed by atoms with Gasteiger partial charge in [0.25, 0.3) is 5.88 Å². The number of rotatable bonds is 6. The summed E-state index contributed by atoms with van der Waals surface area (Å²) in [5.41, 5.74) is 0.639. The molecule has 1 aromatic heterocycles. The second kappa shape index (κ2) is 7.40. The van der Waals surface area contributed by atoms with E-state index in [2.05, 4.69) is 4.98 Å². The van der Waals surface area contributed by atoms with Crippen LogP contribution in [0.4, 0.5) is 4.39 Å². The van der Waals surface area contributed by atoms with E-state index in [9.17, 15) is 9.18 Å². The molecule has 0 fully saturated rings. The number of pyridine rings is 1. The third kappa shape index (κ3) is 4.18. The van der Waals surface area contributed by atoms with Gasteiger partial charge in [-0.05, 0) is 49.7 Å². The maximum Gasteiger partial charge on any atom is 0.344 e. The fraction of sp³-hybridized carbons (Fsp3) is 0.250. The van der Waals surface area contributed by atoms with Crippen molar-refractivity contribution in [2.45, 2.75) is 13.8 Å². The molecule has 0 unspecified atom stereocenters. The molecule has 2 rings (SSSR count). The highest BCUT2D eigenvalue weighted by Crippen LogP contribution is 2.31. The standard InChI is InChI=1S/C16H16FNO4/c1-3-20-15(19)10-21-16-14(5-4-8-18-16)22-13-7-6-12(17)9-11(13)2/h4-9H,3,10H2,1-2H3. The minimum Gasteiger partial charge on any atom is -0.463 e. The van der Waals surface area contributed by atoms with Crippen LogP contribution in [0.2, 0.25) is 0 Å². The molecule has 0 saturated carbocycles. The monoisotopic (exact) mass is 305 g/mol. The molecule has 0 saturated heterocycles. The lowest BCUT2D eigenvalue weighted by Crippen LogP contribution is -2.15. The Hall–Kier alpha value is -2.63. The number of halogens is 1. The zero-order valence-electron chi connectivity index (χ0n) is 12.3. The van der Waals surface area contributed by atoms with Crippen molar-refractivity contribution in [2.24, 2.45) is 0 Å². The minimum atomic E-state index is -0.489. The molecule has 0 N–H and O–H groups in total. The summed E-state index contributed by atoms with van der Waals surface area (Å²) in [6.07, 6.45) is 1.52. The molecular weight excluding hydrogens is 289 g/mol. The number of hydrogen-bond donors (Lipinski definition) is 0. The lowest BCUT2D eigenvalue weighted by atomic mass is 10.2. The molecule has 0 aliphatic carbocycles. The van der Waals surface area contributed by atoms with Crippen LogP contribution < -0.4 is 9.47 Å². The lowest BCUT2D eigenvalue weighted by molar-refractivity contribution is -0.145. The van der Waals surface area contributed by atoms with Gasteiger partial charge in [-0.2, -0.15) is 0 Å². The zero-order valence-corrected chi connectivity index (χ0v) is 12.3. The number of aromatic nitrogens is 1. The molecule has 6 heteroatoms. The van der Waals surface area contributed by atoms with E-state index in [1.165, 1.54) is 24.4 Å². The van der Waals surface area contributed by atoms with Crippen molar-refractivity contribution in [1.29, 1.82) is 0 Å². The Balaban J connectivity index is 2.12. The van der Waals surface area contributed by atoms with E-state index in [4.69, 9.17) is 14.2 Å². The summed E-state index contributed by atoms with van der Waals surface area (Å²) >= 11 is 0. The van der Waals surface area contributed by atoms with Crippen LogP contribution >= 0.6 is 0 Å². The maximum atomic E-state index is 13.1. The van der Waals surface area contributed by atoms with Crippen molar-refractivity contribution < 1.29 is 23.4 Å². The number of nitrogens with zero attached hydrogens (tertiary/aromatic N) is 1. The first-order valence-electron chi connectivity index (χ1n) is 6.77. The predicted molar refractivity (Wildman–Crippen MR) is 77.6 cm³/mol. The van der Waals surface area contributed by atoms with Gasteiger partial charge < -0.3 is 14.2 Å². The van der Waals surface area contributed by atoms with E-state index in [1.807, 2.05) is 0 Å². The van der Waals surface area contributed by atoms with Crippen LogP contribution in [0.5, 0.6) is 17.4 Å². The quantitative estimate of drug-likeness (QED) is 0.767. The second-order valence-electron chi connectivity index (χ2n) is 4.41. The molecular formula is C16H16FNO4. The molecule has 2 aromatic rings. The molecule has 1 aromatic carbocycles. The summed E-state index contributed by atoms with van der Waals surface area (Å²) in [5, 5.41) is 0. The first-order valence-corrected chi connectivity index (χ1v) is 6.77. The van der Waals surface area contributed by atoms with Crippen molar-refractivity contribution in [3.8, 4) is 17.4 Å². The second-order valence-corrected chi connectivity index (χ2v) is 4.41. The van der Waals surface area contributed by atoms with Crippen LogP contribution in [0.1, 0.15) is 12.5 Å². The lowest BCUT2D eigenvalue weighted by Gasteiger charge is -2.12. The number of benzene rings is 1. The van der Waals surface area contributed by atoms with Gasteiger partial charge >= 0.3 is 5.97 Å². The largest absolute Gasteiger partial charge is 0.463 e. The Morgan fingerprint density at radius 1 is 1.27 bits per heavy atom. The number of aryl methyl sites for hydroxylation is 1. The van der Waals surface area contributed by atoms with E-state index in [1.54, 1.807) is 26.0 Å². The molecule has 0 spiro atoms. The number of ether oxygens (including phenoxy) is 3. The molecule has 1 heterocycles. The fourth-order valence-electron chi connectivity index (χ4n) is 1.74. The molecule has 0 atom stereocenters. The number of esters is 1. The Labute approximate surface area is 127 Å². The Kier molecular flexibility index (Phi) is 5.30. The molecule has 0 aliphatic rings. The predicted octanol–water partition coefficient (Wildman–Crippen LogP) is 3.26. The van der Waals surface area contributed by atoms with Crippen molar-refractivity contribution in [1.82, 2.24) is 4.98 Å². The van der Waals surface area contributed by atoms with E-state index in [-0.39, 0.29) is 24.9 Å². The molecule has 5 nitrogen and oxygen atoms in total. The van der Waals surface area contributed by atoms with Gasteiger partial charge in [-0.1, -0.05) is 0 Å². The first kappa shape index (κ1) is 15.8. The van der Waals surface area contributed by atoms with Crippen molar-refractivity contribution in [2.75, 3.05) is 13.2 Å². The average molecular weight is 305 g/mol. The summed E-state index contributed by atoms with van der Waals surface area (Å²) in [4.78, 5) is 15.3. The Morgan fingerprint density at radius 2 is 2.09 bits per heavy atom. The molecule has 0 radical (unpaired) electrons. The average Bonchev–Trinajstić information content (AvgIpc) is 2.49. The van der Waals surface area contributed by atoms with Gasteiger partial charge in [-0.3, -0.25) is 0 Å². The van der Waals surface area contributed by atoms with Gasteiger partial charge in [-0.15, -0.1) is 0 Å². The van der Waals surface area contributed by atoms with Gasteiger partial charge in [0.05, 0.1) is 6.61 Å². The highest BCUT2D eigenvalue weighted by molar-refractivity contribution is 5.71. The van der Waals surface area contributed by atoms with Gasteiger partial charge in [0.15, 0.2) is 12.4 Å². The number of hydrogen-bond acceptors (Lipinski definition) is 5. The van der Waals surface area contributed by atoms with Crippen LogP contribution in [0.15, 0.2) is 36.5 Å². The SMILES string of the molecule is CCOC(=O)COc1ncccc1Oc1ccc(F)cc1C. The van der Waals surface area contributed by atoms with E-state index in [0.717, 1.165) is 0 Å². The van der Waals surface area contributed by atoms with Crippen LogP contribution in [0.3, 0.4) is 0 Å². The summed E-state index contributed by atoms with van der Waals surface area (Å²) in [6, 6.07) is 7.51. The highest BCUT2D eigenvalue weighted by Gasteiger charge is 2.11. The minimum absolute atomic E-state index is 0.166. The Morgan fingerprint density at radius 3 is 2.82 bits per heavy atom. The maximum absolute atomic E-state index is 13.1. The number of carbonyl (C=O) groups is 1. The van der Waals surface area contributed by atoms with E-state index < -0.39 is 5.97 Å². The summed E-state index contributed by atoms with van der Waals surface area (Å²) in [7, 11) is 0. The van der Waals surface area contributed by atoms with Crippen molar-refractivity contribution >= 4 is 5.97 Å². The van der Waals surface area contributed by atoms with Crippen LogP contribution in [0.25, 0.3) is 0 Å². The molecule has 22 heavy (non-hydrogen) atoms. The first-order chi connectivity index (χ1) is 10.6. The van der Waals surface area contributed by atoms with Crippen LogP contribution in [0, 0.1) is 12.7 Å². The summed E-state index contributed by atoms with van der Waals surface area (Å²) in [5.74, 6) is 0.156. The Bertz CT molecular complexity index is 660. The van der Waals surface area contributed by atoms with Crippen LogP contribution in [-0.4, -0.2) is 24.2 Å². The van der Waals surface area contributed by atoms with Gasteiger partial charge in [-0.25, -0.2) is 14.2 Å². The highest BCUT2D eigenvalue weighted by atomic mass is 19.1. The van der Waals surface area contributed by atoms with Crippen molar-refractivity contribution in [3.05, 3.63) is 47.9 Å². The van der Waals surface area contributed by atoms with Crippen LogP contribution in [-0.2, 0) is 9.53 Å². The molecule has 0 aliphatic heterocycles. The zero-order chi connectivity index (χ0) is 15.9.